The van der Waals surface area contributed by atoms with Crippen LogP contribution >= 0.6 is 0 Å². The molecule has 0 aliphatic carbocycles. The van der Waals surface area contributed by atoms with Gasteiger partial charge in [0.2, 0.25) is 0 Å². The molecule has 1 N–H and O–H groups in total. The van der Waals surface area contributed by atoms with Crippen LogP contribution in [0.15, 0.2) is 24.5 Å². The van der Waals surface area contributed by atoms with Gasteiger partial charge < -0.3 is 14.1 Å². The zero-order chi connectivity index (χ0) is 8.04. The van der Waals surface area contributed by atoms with Crippen LogP contribution in [0.1, 0.15) is 0 Å². The standard InChI is InChI=1S/C4H5N.H2O4S.Zn/c1-2-4-5-3-1;1-5(2,3)4;/h1-5H;(H2,1,2,3,4);/q;;+2/p-2. The summed E-state index contributed by atoms with van der Waals surface area (Å²) in [5, 5.41) is 0. The van der Waals surface area contributed by atoms with E-state index in [4.69, 9.17) is 17.5 Å². The molecule has 1 aromatic heterocycles. The zero-order valence-electron chi connectivity index (χ0n) is 5.56. The van der Waals surface area contributed by atoms with E-state index in [0.717, 1.165) is 0 Å². The molecule has 0 aromatic carbocycles. The van der Waals surface area contributed by atoms with Crippen molar-refractivity contribution >= 4 is 10.4 Å². The largest absolute Gasteiger partial charge is 2.00 e. The van der Waals surface area contributed by atoms with Crippen LogP contribution in [0.4, 0.5) is 0 Å². The summed E-state index contributed by atoms with van der Waals surface area (Å²) in [6, 6.07) is 3.89. The van der Waals surface area contributed by atoms with Crippen LogP contribution in [0.25, 0.3) is 0 Å². The smallest absolute Gasteiger partial charge is 0.759 e. The van der Waals surface area contributed by atoms with Crippen molar-refractivity contribution in [3.8, 4) is 0 Å². The van der Waals surface area contributed by atoms with E-state index in [1.54, 1.807) is 0 Å². The first kappa shape index (κ1) is 13.4. The van der Waals surface area contributed by atoms with Crippen molar-refractivity contribution in [3.05, 3.63) is 24.5 Å². The van der Waals surface area contributed by atoms with Gasteiger partial charge in [0.05, 0.1) is 0 Å². The molecule has 1 rings (SSSR count). The first-order valence-electron chi connectivity index (χ1n) is 2.24. The van der Waals surface area contributed by atoms with E-state index in [9.17, 15) is 0 Å². The fourth-order valence-electron chi connectivity index (χ4n) is 0.278. The van der Waals surface area contributed by atoms with Crippen molar-refractivity contribution in [1.82, 2.24) is 4.98 Å². The fraction of sp³-hybridized carbons (Fsp3) is 0. The summed E-state index contributed by atoms with van der Waals surface area (Å²) in [6.45, 7) is 0. The number of H-pyrrole nitrogens is 1. The van der Waals surface area contributed by atoms with E-state index in [2.05, 4.69) is 4.98 Å². The number of nitrogens with one attached hydrogen (secondary N) is 1. The van der Waals surface area contributed by atoms with Crippen molar-refractivity contribution in [2.45, 2.75) is 0 Å². The molecule has 0 atom stereocenters. The molecule has 0 aliphatic heterocycles. The number of aromatic amines is 1. The second kappa shape index (κ2) is 6.48. The molecule has 0 spiro atoms. The predicted octanol–water partition coefficient (Wildman–Crippen LogP) is -0.326. The molecular weight excluding hydrogens is 224 g/mol. The molecule has 0 bridgehead atoms. The summed E-state index contributed by atoms with van der Waals surface area (Å²) >= 11 is 0. The van der Waals surface area contributed by atoms with Crippen LogP contribution in [-0.4, -0.2) is 22.5 Å². The monoisotopic (exact) mass is 227 g/mol. The number of hydrogen-bond donors (Lipinski definition) is 1. The van der Waals surface area contributed by atoms with Crippen LogP contribution < -0.4 is 0 Å². The van der Waals surface area contributed by atoms with Gasteiger partial charge in [-0.15, -0.1) is 0 Å². The van der Waals surface area contributed by atoms with Crippen LogP contribution in [0.3, 0.4) is 0 Å². The summed E-state index contributed by atoms with van der Waals surface area (Å²) < 4.78 is 34.1. The van der Waals surface area contributed by atoms with Crippen molar-refractivity contribution < 1.29 is 37.0 Å². The van der Waals surface area contributed by atoms with E-state index >= 15 is 0 Å². The van der Waals surface area contributed by atoms with E-state index in [1.807, 2.05) is 24.5 Å². The van der Waals surface area contributed by atoms with Crippen molar-refractivity contribution in [2.24, 2.45) is 0 Å². The van der Waals surface area contributed by atoms with Crippen LogP contribution in [0.5, 0.6) is 0 Å². The van der Waals surface area contributed by atoms with Gasteiger partial charge in [-0.3, -0.25) is 8.42 Å². The molecule has 0 unspecified atom stereocenters. The molecule has 58 valence electrons. The number of aromatic nitrogens is 1. The van der Waals surface area contributed by atoms with E-state index in [-0.39, 0.29) is 19.5 Å². The maximum absolute atomic E-state index is 8.52. The van der Waals surface area contributed by atoms with E-state index in [1.165, 1.54) is 0 Å². The minimum atomic E-state index is -5.17. The molecule has 5 nitrogen and oxygen atoms in total. The Kier molecular flexibility index (Phi) is 7.88. The normalized spacial score (nSPS) is 8.91. The number of hydrogen-bond acceptors (Lipinski definition) is 4. The molecule has 0 amide bonds. The third-order valence-electron chi connectivity index (χ3n) is 0.496. The van der Waals surface area contributed by atoms with Crippen LogP contribution in [-0.2, 0) is 29.9 Å². The van der Waals surface area contributed by atoms with Gasteiger partial charge in [-0.25, -0.2) is 0 Å². The molecule has 1 heterocycles. The minimum Gasteiger partial charge on any atom is -0.759 e. The third kappa shape index (κ3) is 25.9. The van der Waals surface area contributed by atoms with Gasteiger partial charge in [-0.2, -0.15) is 0 Å². The van der Waals surface area contributed by atoms with Crippen LogP contribution in [0, 0.1) is 0 Å². The van der Waals surface area contributed by atoms with E-state index in [0.29, 0.717) is 0 Å². The molecule has 0 radical (unpaired) electrons. The molecule has 7 heteroatoms. The average molecular weight is 229 g/mol. The predicted molar refractivity (Wildman–Crippen MR) is 31.3 cm³/mol. The topological polar surface area (TPSA) is 96.1 Å². The fourth-order valence-corrected chi connectivity index (χ4v) is 0.278. The van der Waals surface area contributed by atoms with Gasteiger partial charge in [0, 0.05) is 22.8 Å². The Bertz CT molecular complexity index is 218. The maximum Gasteiger partial charge on any atom is 2.00 e. The minimum absolute atomic E-state index is 0. The summed E-state index contributed by atoms with van der Waals surface area (Å²) in [4.78, 5) is 2.86. The molecule has 11 heavy (non-hydrogen) atoms. The molecular formula is C4H5NO4SZn. The Labute approximate surface area is 77.2 Å². The van der Waals surface area contributed by atoms with Crippen molar-refractivity contribution in [1.29, 1.82) is 0 Å². The van der Waals surface area contributed by atoms with Gasteiger partial charge in [-0.1, -0.05) is 0 Å². The molecule has 0 saturated heterocycles. The Balaban J connectivity index is 0. The van der Waals surface area contributed by atoms with Gasteiger partial charge in [0.15, 0.2) is 0 Å². The van der Waals surface area contributed by atoms with Gasteiger partial charge in [0.1, 0.15) is 0 Å². The Morgan fingerprint density at radius 1 is 1.09 bits per heavy atom. The third-order valence-corrected chi connectivity index (χ3v) is 0.496. The summed E-state index contributed by atoms with van der Waals surface area (Å²) in [7, 11) is -5.17. The summed E-state index contributed by atoms with van der Waals surface area (Å²) in [5.41, 5.74) is 0. The molecule has 1 aromatic rings. The first-order valence-corrected chi connectivity index (χ1v) is 3.58. The van der Waals surface area contributed by atoms with Crippen molar-refractivity contribution in [3.63, 3.8) is 0 Å². The molecule has 0 saturated carbocycles. The molecule has 0 fully saturated rings. The summed E-state index contributed by atoms with van der Waals surface area (Å²) in [5.74, 6) is 0. The van der Waals surface area contributed by atoms with Gasteiger partial charge >= 0.3 is 19.5 Å². The maximum atomic E-state index is 8.52. The quantitative estimate of drug-likeness (QED) is 0.374. The Morgan fingerprint density at radius 3 is 1.45 bits per heavy atom. The van der Waals surface area contributed by atoms with Gasteiger partial charge in [0.25, 0.3) is 0 Å². The van der Waals surface area contributed by atoms with Crippen LogP contribution in [0.2, 0.25) is 0 Å². The second-order valence-electron chi connectivity index (χ2n) is 1.29. The Hall–Kier alpha value is -0.227. The Morgan fingerprint density at radius 2 is 1.36 bits per heavy atom. The average Bonchev–Trinajstić information content (AvgIpc) is 2.07. The second-order valence-corrected chi connectivity index (χ2v) is 2.11. The zero-order valence-corrected chi connectivity index (χ0v) is 9.34. The van der Waals surface area contributed by atoms with Gasteiger partial charge in [-0.05, 0) is 12.1 Å². The van der Waals surface area contributed by atoms with Crippen molar-refractivity contribution in [2.75, 3.05) is 0 Å². The summed E-state index contributed by atoms with van der Waals surface area (Å²) in [6.07, 6.45) is 3.75. The molecule has 0 aliphatic rings. The van der Waals surface area contributed by atoms with E-state index < -0.39 is 10.4 Å². The first-order chi connectivity index (χ1) is 4.50. The SMILES string of the molecule is O=S(=O)([O-])[O-].[Zn+2].c1cc[nH]c1. The number of rotatable bonds is 0.